The number of methoxy groups -OCH3 is 1. The summed E-state index contributed by atoms with van der Waals surface area (Å²) in [6.07, 6.45) is 0. The highest BCUT2D eigenvalue weighted by Gasteiger charge is 2.16. The van der Waals surface area contributed by atoms with Gasteiger partial charge in [0.15, 0.2) is 0 Å². The summed E-state index contributed by atoms with van der Waals surface area (Å²) in [4.78, 5) is 15.3. The molecule has 0 aliphatic rings. The standard InChI is InChI=1S/C21H20N2O2S.ClH/c1-12(22-2)13-4-6-14(7-5-13)18-17(25-3)9-8-16-19(18)15-10-11-26-20(15)21(24)23-16;/h4-12,22H,1-3H3,(H,23,24);1H. The molecule has 0 fully saturated rings. The second-order valence-electron chi connectivity index (χ2n) is 6.32. The number of aromatic amines is 1. The van der Waals surface area contributed by atoms with E-state index in [4.69, 9.17) is 4.74 Å². The quantitative estimate of drug-likeness (QED) is 0.499. The smallest absolute Gasteiger partial charge is 0.266 e. The summed E-state index contributed by atoms with van der Waals surface area (Å²) in [6, 6.07) is 14.6. The van der Waals surface area contributed by atoms with E-state index in [1.165, 1.54) is 16.9 Å². The van der Waals surface area contributed by atoms with E-state index >= 15 is 0 Å². The Labute approximate surface area is 167 Å². The van der Waals surface area contributed by atoms with Crippen molar-refractivity contribution in [3.05, 3.63) is 63.8 Å². The fourth-order valence-electron chi connectivity index (χ4n) is 3.39. The highest BCUT2D eigenvalue weighted by molar-refractivity contribution is 7.17. The number of ether oxygens (including phenoxy) is 1. The molecule has 27 heavy (non-hydrogen) atoms. The van der Waals surface area contributed by atoms with Crippen LogP contribution in [0.2, 0.25) is 0 Å². The molecule has 0 aliphatic carbocycles. The fourth-order valence-corrected chi connectivity index (χ4v) is 4.19. The first-order chi connectivity index (χ1) is 12.6. The molecule has 4 aromatic rings. The normalized spacial score (nSPS) is 12.1. The van der Waals surface area contributed by atoms with Gasteiger partial charge >= 0.3 is 0 Å². The molecule has 140 valence electrons. The van der Waals surface area contributed by atoms with Gasteiger partial charge in [0.1, 0.15) is 10.4 Å². The highest BCUT2D eigenvalue weighted by atomic mass is 35.5. The second-order valence-corrected chi connectivity index (χ2v) is 7.23. The minimum Gasteiger partial charge on any atom is -0.496 e. The zero-order chi connectivity index (χ0) is 18.3. The van der Waals surface area contributed by atoms with Gasteiger partial charge in [-0.2, -0.15) is 0 Å². The molecule has 0 saturated heterocycles. The van der Waals surface area contributed by atoms with Crippen molar-refractivity contribution in [1.29, 1.82) is 0 Å². The first-order valence-electron chi connectivity index (χ1n) is 8.52. The number of nitrogens with one attached hydrogen (secondary N) is 2. The molecule has 4 nitrogen and oxygen atoms in total. The van der Waals surface area contributed by atoms with Crippen LogP contribution in [0.25, 0.3) is 32.1 Å². The summed E-state index contributed by atoms with van der Waals surface area (Å²) < 4.78 is 6.40. The van der Waals surface area contributed by atoms with Crippen molar-refractivity contribution in [3.8, 4) is 16.9 Å². The van der Waals surface area contributed by atoms with E-state index in [0.29, 0.717) is 6.04 Å². The molecule has 0 aliphatic heterocycles. The van der Waals surface area contributed by atoms with Gasteiger partial charge in [0.05, 0.1) is 7.11 Å². The van der Waals surface area contributed by atoms with E-state index in [2.05, 4.69) is 41.5 Å². The first-order valence-corrected chi connectivity index (χ1v) is 9.39. The summed E-state index contributed by atoms with van der Waals surface area (Å²) in [6.45, 7) is 2.13. The third kappa shape index (κ3) is 3.23. The molecule has 1 atom stereocenters. The Morgan fingerprint density at radius 1 is 1.11 bits per heavy atom. The number of halogens is 1. The number of thiophene rings is 1. The summed E-state index contributed by atoms with van der Waals surface area (Å²) in [5.74, 6) is 0.798. The summed E-state index contributed by atoms with van der Waals surface area (Å²) >= 11 is 1.46. The Morgan fingerprint density at radius 3 is 2.52 bits per heavy atom. The average Bonchev–Trinajstić information content (AvgIpc) is 3.17. The van der Waals surface area contributed by atoms with E-state index < -0.39 is 0 Å². The molecule has 2 N–H and O–H groups in total. The predicted molar refractivity (Wildman–Crippen MR) is 117 cm³/mol. The van der Waals surface area contributed by atoms with Crippen molar-refractivity contribution in [1.82, 2.24) is 10.3 Å². The molecule has 2 aromatic carbocycles. The van der Waals surface area contributed by atoms with E-state index in [0.717, 1.165) is 37.9 Å². The summed E-state index contributed by atoms with van der Waals surface area (Å²) in [7, 11) is 3.63. The van der Waals surface area contributed by atoms with E-state index in [1.807, 2.05) is 30.6 Å². The number of hydrogen-bond acceptors (Lipinski definition) is 4. The molecule has 0 bridgehead atoms. The zero-order valence-electron chi connectivity index (χ0n) is 15.3. The van der Waals surface area contributed by atoms with Crippen LogP contribution in [0.15, 0.2) is 52.6 Å². The van der Waals surface area contributed by atoms with E-state index in [1.54, 1.807) is 7.11 Å². The van der Waals surface area contributed by atoms with Gasteiger partial charge in [-0.1, -0.05) is 24.3 Å². The molecule has 0 spiro atoms. The minimum atomic E-state index is -0.0446. The van der Waals surface area contributed by atoms with Gasteiger partial charge in [0, 0.05) is 27.9 Å². The van der Waals surface area contributed by atoms with Crippen LogP contribution in [0.3, 0.4) is 0 Å². The van der Waals surface area contributed by atoms with Crippen LogP contribution in [0.5, 0.6) is 5.75 Å². The first kappa shape index (κ1) is 19.4. The largest absolute Gasteiger partial charge is 0.496 e. The maximum atomic E-state index is 12.3. The van der Waals surface area contributed by atoms with Crippen LogP contribution in [0.4, 0.5) is 0 Å². The Kier molecular flexibility index (Phi) is 5.56. The van der Waals surface area contributed by atoms with Gasteiger partial charge in [-0.25, -0.2) is 0 Å². The molecular weight excluding hydrogens is 380 g/mol. The van der Waals surface area contributed by atoms with Crippen LogP contribution >= 0.6 is 23.7 Å². The predicted octanol–water partition coefficient (Wildman–Crippen LogP) is 5.12. The minimum absolute atomic E-state index is 0. The molecule has 6 heteroatoms. The number of aromatic nitrogens is 1. The third-order valence-corrected chi connectivity index (χ3v) is 5.82. The SMILES string of the molecule is CNC(C)c1ccc(-c2c(OC)ccc3[nH]c(=O)c4sccc4c23)cc1.Cl. The van der Waals surface area contributed by atoms with Crippen molar-refractivity contribution in [2.24, 2.45) is 0 Å². The topological polar surface area (TPSA) is 54.1 Å². The molecule has 0 radical (unpaired) electrons. The summed E-state index contributed by atoms with van der Waals surface area (Å²) in [5, 5.41) is 7.21. The van der Waals surface area contributed by atoms with Crippen molar-refractivity contribution < 1.29 is 4.74 Å². The van der Waals surface area contributed by atoms with Crippen molar-refractivity contribution >= 4 is 44.7 Å². The van der Waals surface area contributed by atoms with E-state index in [-0.39, 0.29) is 18.0 Å². The molecule has 0 amide bonds. The Balaban J connectivity index is 0.00000210. The molecule has 2 heterocycles. The Morgan fingerprint density at radius 2 is 1.85 bits per heavy atom. The number of hydrogen-bond donors (Lipinski definition) is 2. The van der Waals surface area contributed by atoms with Crippen LogP contribution in [0, 0.1) is 0 Å². The van der Waals surface area contributed by atoms with Gasteiger partial charge < -0.3 is 15.0 Å². The van der Waals surface area contributed by atoms with Crippen LogP contribution in [-0.4, -0.2) is 19.1 Å². The lowest BCUT2D eigenvalue weighted by molar-refractivity contribution is 0.417. The lowest BCUT2D eigenvalue weighted by atomic mass is 9.95. The van der Waals surface area contributed by atoms with Gasteiger partial charge in [0.25, 0.3) is 5.56 Å². The Hall–Kier alpha value is -2.34. The molecule has 2 aromatic heterocycles. The number of pyridine rings is 1. The third-order valence-electron chi connectivity index (χ3n) is 4.91. The zero-order valence-corrected chi connectivity index (χ0v) is 17.0. The lowest BCUT2D eigenvalue weighted by Crippen LogP contribution is -2.11. The van der Waals surface area contributed by atoms with Gasteiger partial charge in [0.2, 0.25) is 0 Å². The van der Waals surface area contributed by atoms with Crippen molar-refractivity contribution in [3.63, 3.8) is 0 Å². The molecular formula is C21H21ClN2O2S. The van der Waals surface area contributed by atoms with Gasteiger partial charge in [-0.15, -0.1) is 23.7 Å². The molecule has 4 rings (SSSR count). The second kappa shape index (κ2) is 7.72. The maximum absolute atomic E-state index is 12.3. The number of rotatable bonds is 4. The van der Waals surface area contributed by atoms with E-state index in [9.17, 15) is 4.79 Å². The van der Waals surface area contributed by atoms with Crippen LogP contribution < -0.4 is 15.6 Å². The van der Waals surface area contributed by atoms with Crippen LogP contribution in [0.1, 0.15) is 18.5 Å². The summed E-state index contributed by atoms with van der Waals surface area (Å²) in [5.41, 5.74) is 4.08. The van der Waals surface area contributed by atoms with Gasteiger partial charge in [-0.05, 0) is 48.7 Å². The van der Waals surface area contributed by atoms with Crippen LogP contribution in [-0.2, 0) is 0 Å². The number of benzene rings is 2. The van der Waals surface area contributed by atoms with Gasteiger partial charge in [-0.3, -0.25) is 4.79 Å². The van der Waals surface area contributed by atoms with Crippen molar-refractivity contribution in [2.75, 3.05) is 14.2 Å². The number of fused-ring (bicyclic) bond motifs is 3. The maximum Gasteiger partial charge on any atom is 0.266 e. The molecule has 0 saturated carbocycles. The highest BCUT2D eigenvalue weighted by Crippen LogP contribution is 2.40. The number of H-pyrrole nitrogens is 1. The fraction of sp³-hybridized carbons (Fsp3) is 0.190. The lowest BCUT2D eigenvalue weighted by Gasteiger charge is -2.15. The monoisotopic (exact) mass is 400 g/mol. The molecule has 1 unspecified atom stereocenters. The average molecular weight is 401 g/mol. The Bertz CT molecular complexity index is 1150. The van der Waals surface area contributed by atoms with Crippen molar-refractivity contribution in [2.45, 2.75) is 13.0 Å².